The van der Waals surface area contributed by atoms with Crippen molar-refractivity contribution in [2.24, 2.45) is 11.8 Å². The molecule has 0 radical (unpaired) electrons. The normalized spacial score (nSPS) is 23.3. The number of benzene rings is 4. The lowest BCUT2D eigenvalue weighted by Gasteiger charge is -2.49. The zero-order valence-electron chi connectivity index (χ0n) is 22.3. The number of nitrogens with zero attached hydrogens (tertiary/aromatic N) is 1. The Morgan fingerprint density at radius 3 is 0.868 bits per heavy atom. The van der Waals surface area contributed by atoms with E-state index in [2.05, 4.69) is 121 Å². The van der Waals surface area contributed by atoms with E-state index in [1.807, 2.05) is 0 Å². The summed E-state index contributed by atoms with van der Waals surface area (Å²) in [5.74, 6) is 2.49. The monoisotopic (exact) mass is 565 g/mol. The number of halogens is 1. The lowest BCUT2D eigenvalue weighted by Crippen LogP contribution is -3.00. The summed E-state index contributed by atoms with van der Waals surface area (Å²) in [6.45, 7) is 5.37. The molecule has 1 spiro atoms. The Bertz CT molecular complexity index is 1040. The Kier molecular flexibility index (Phi) is 8.82. The summed E-state index contributed by atoms with van der Waals surface area (Å²) in [6.07, 6.45) is 5.33. The van der Waals surface area contributed by atoms with E-state index in [0.717, 1.165) is 11.8 Å². The maximum Gasteiger partial charge on any atom is 0.0789 e. The molecule has 6 rings (SSSR count). The van der Waals surface area contributed by atoms with E-state index in [0.29, 0.717) is 11.8 Å². The van der Waals surface area contributed by atoms with Crippen LogP contribution in [0.1, 0.15) is 59.8 Å². The number of rotatable bonds is 6. The maximum absolute atomic E-state index is 2.34. The third-order valence-electron chi connectivity index (χ3n) is 9.47. The molecule has 2 aliphatic rings. The van der Waals surface area contributed by atoms with Crippen LogP contribution in [0.2, 0.25) is 0 Å². The van der Waals surface area contributed by atoms with Crippen LogP contribution in [-0.2, 0) is 0 Å². The van der Waals surface area contributed by atoms with Gasteiger partial charge in [0.25, 0.3) is 0 Å². The van der Waals surface area contributed by atoms with E-state index in [9.17, 15) is 0 Å². The molecule has 38 heavy (non-hydrogen) atoms. The van der Waals surface area contributed by atoms with Crippen molar-refractivity contribution in [1.29, 1.82) is 0 Å². The van der Waals surface area contributed by atoms with Gasteiger partial charge in [-0.1, -0.05) is 121 Å². The lowest BCUT2D eigenvalue weighted by molar-refractivity contribution is -0.939. The van der Waals surface area contributed by atoms with Crippen molar-refractivity contribution >= 4 is 0 Å². The third kappa shape index (κ3) is 5.82. The zero-order valence-corrected chi connectivity index (χ0v) is 23.9. The van der Waals surface area contributed by atoms with Crippen molar-refractivity contribution in [2.75, 3.05) is 26.2 Å². The highest BCUT2D eigenvalue weighted by atomic mass is 79.9. The Labute approximate surface area is 239 Å². The SMILES string of the molecule is [Br-].c1ccc(C(c2ccccc2)C2CC[N+]3(CC2)CCC(C(c2ccccc2)c2ccccc2)CC3)cc1. The van der Waals surface area contributed by atoms with E-state index in [1.165, 1.54) is 78.6 Å². The first-order valence-electron chi connectivity index (χ1n) is 14.4. The third-order valence-corrected chi connectivity index (χ3v) is 9.47. The predicted molar refractivity (Wildman–Crippen MR) is 155 cm³/mol. The minimum absolute atomic E-state index is 0. The van der Waals surface area contributed by atoms with Gasteiger partial charge in [0.2, 0.25) is 0 Å². The molecule has 0 amide bonds. The van der Waals surface area contributed by atoms with Crippen LogP contribution in [0.3, 0.4) is 0 Å². The summed E-state index contributed by atoms with van der Waals surface area (Å²) >= 11 is 0. The highest BCUT2D eigenvalue weighted by Crippen LogP contribution is 2.43. The van der Waals surface area contributed by atoms with Gasteiger partial charge in [0.15, 0.2) is 0 Å². The van der Waals surface area contributed by atoms with E-state index in [4.69, 9.17) is 0 Å². The quantitative estimate of drug-likeness (QED) is 0.278. The number of piperidine rings is 2. The first kappa shape index (κ1) is 26.9. The molecule has 0 N–H and O–H groups in total. The standard InChI is InChI=1S/C36H40N.BrH/c1-5-13-29(14-6-1)35(30-15-7-2-8-16-30)33-21-25-37(26-22-33)27-23-34(24-28-37)36(31-17-9-3-10-18-31)32-19-11-4-12-20-32;/h1-20,33-36H,21-28H2;1H/q+1;/p-1. The summed E-state index contributed by atoms with van der Waals surface area (Å²) in [5.41, 5.74) is 5.94. The summed E-state index contributed by atoms with van der Waals surface area (Å²) < 4.78 is 1.35. The molecule has 2 fully saturated rings. The van der Waals surface area contributed by atoms with Crippen LogP contribution in [-0.4, -0.2) is 30.7 Å². The minimum atomic E-state index is 0. The molecule has 0 unspecified atom stereocenters. The summed E-state index contributed by atoms with van der Waals surface area (Å²) in [5, 5.41) is 0. The van der Waals surface area contributed by atoms with Gasteiger partial charge in [0, 0.05) is 37.5 Å². The smallest absolute Gasteiger partial charge is 0.0789 e. The first-order valence-corrected chi connectivity index (χ1v) is 14.4. The number of quaternary nitrogens is 1. The fourth-order valence-electron chi connectivity index (χ4n) is 7.50. The Morgan fingerprint density at radius 2 is 0.632 bits per heavy atom. The molecule has 0 saturated carbocycles. The zero-order chi connectivity index (χ0) is 24.9. The molecule has 2 heteroatoms. The topological polar surface area (TPSA) is 0 Å². The molecular formula is C36H40BrN. The Hall–Kier alpha value is -2.68. The van der Waals surface area contributed by atoms with Gasteiger partial charge in [-0.15, -0.1) is 0 Å². The van der Waals surface area contributed by atoms with Gasteiger partial charge in [-0.2, -0.15) is 0 Å². The van der Waals surface area contributed by atoms with E-state index in [-0.39, 0.29) is 17.0 Å². The largest absolute Gasteiger partial charge is 1.00 e. The van der Waals surface area contributed by atoms with Crippen LogP contribution in [0.15, 0.2) is 121 Å². The van der Waals surface area contributed by atoms with Crippen molar-refractivity contribution in [2.45, 2.75) is 37.5 Å². The number of hydrogen-bond donors (Lipinski definition) is 0. The van der Waals surface area contributed by atoms with Gasteiger partial charge in [0.05, 0.1) is 26.2 Å². The Morgan fingerprint density at radius 1 is 0.395 bits per heavy atom. The molecule has 0 atom stereocenters. The fraction of sp³-hybridized carbons (Fsp3) is 0.333. The van der Waals surface area contributed by atoms with Gasteiger partial charge in [0.1, 0.15) is 0 Å². The molecule has 196 valence electrons. The second kappa shape index (κ2) is 12.5. The average molecular weight is 567 g/mol. The molecule has 0 aromatic heterocycles. The predicted octanol–water partition coefficient (Wildman–Crippen LogP) is 5.29. The van der Waals surface area contributed by atoms with Crippen LogP contribution in [0.5, 0.6) is 0 Å². The summed E-state index contributed by atoms with van der Waals surface area (Å²) in [7, 11) is 0. The molecule has 4 aromatic carbocycles. The van der Waals surface area contributed by atoms with Gasteiger partial charge in [-0.3, -0.25) is 0 Å². The molecule has 2 saturated heterocycles. The van der Waals surface area contributed by atoms with Gasteiger partial charge >= 0.3 is 0 Å². The van der Waals surface area contributed by atoms with Crippen molar-refractivity contribution in [3.05, 3.63) is 144 Å². The van der Waals surface area contributed by atoms with E-state index in [1.54, 1.807) is 0 Å². The molecule has 2 heterocycles. The van der Waals surface area contributed by atoms with Crippen molar-refractivity contribution in [3.8, 4) is 0 Å². The van der Waals surface area contributed by atoms with Gasteiger partial charge in [-0.25, -0.2) is 0 Å². The molecule has 0 aliphatic carbocycles. The molecule has 0 bridgehead atoms. The second-order valence-electron chi connectivity index (χ2n) is 11.5. The van der Waals surface area contributed by atoms with Crippen molar-refractivity contribution in [1.82, 2.24) is 0 Å². The van der Waals surface area contributed by atoms with Crippen molar-refractivity contribution < 1.29 is 21.5 Å². The summed E-state index contributed by atoms with van der Waals surface area (Å²) in [4.78, 5) is 0. The highest BCUT2D eigenvalue weighted by Gasteiger charge is 2.42. The first-order chi connectivity index (χ1) is 18.3. The van der Waals surface area contributed by atoms with Crippen LogP contribution >= 0.6 is 0 Å². The molecular weight excluding hydrogens is 526 g/mol. The van der Waals surface area contributed by atoms with Gasteiger partial charge < -0.3 is 21.5 Å². The van der Waals surface area contributed by atoms with Crippen LogP contribution in [0.25, 0.3) is 0 Å². The van der Waals surface area contributed by atoms with E-state index >= 15 is 0 Å². The maximum atomic E-state index is 2.34. The molecule has 1 nitrogen and oxygen atoms in total. The fourth-order valence-corrected chi connectivity index (χ4v) is 7.50. The minimum Gasteiger partial charge on any atom is -1.00 e. The van der Waals surface area contributed by atoms with Crippen LogP contribution < -0.4 is 17.0 Å². The average Bonchev–Trinajstić information content (AvgIpc) is 2.98. The van der Waals surface area contributed by atoms with Crippen LogP contribution in [0.4, 0.5) is 0 Å². The lowest BCUT2D eigenvalue weighted by atomic mass is 9.73. The molecule has 2 aliphatic heterocycles. The summed E-state index contributed by atoms with van der Waals surface area (Å²) in [6, 6.07) is 45.0. The van der Waals surface area contributed by atoms with Crippen molar-refractivity contribution in [3.63, 3.8) is 0 Å². The second-order valence-corrected chi connectivity index (χ2v) is 11.5. The highest BCUT2D eigenvalue weighted by molar-refractivity contribution is 5.34. The number of hydrogen-bond acceptors (Lipinski definition) is 0. The van der Waals surface area contributed by atoms with Crippen LogP contribution in [0, 0.1) is 11.8 Å². The molecule has 4 aromatic rings. The Balaban J connectivity index is 0.00000294. The van der Waals surface area contributed by atoms with Gasteiger partial charge in [-0.05, 0) is 34.1 Å². The van der Waals surface area contributed by atoms with E-state index < -0.39 is 0 Å².